The number of allylic oxidation sites excluding steroid dienone is 4. The molecule has 0 heterocycles. The van der Waals surface area contributed by atoms with E-state index in [2.05, 4.69) is 37.3 Å². The van der Waals surface area contributed by atoms with E-state index in [1.165, 1.54) is 16.7 Å². The normalized spacial score (nSPS) is 16.1. The van der Waals surface area contributed by atoms with Gasteiger partial charge in [-0.3, -0.25) is 0 Å². The second-order valence-corrected chi connectivity index (χ2v) is 3.80. The third-order valence-electron chi connectivity index (χ3n) is 2.57. The fourth-order valence-electron chi connectivity index (χ4n) is 1.74. The number of nitrogens with two attached hydrogens (primary N) is 1. The predicted octanol–water partition coefficient (Wildman–Crippen LogP) is 3.01. The highest BCUT2D eigenvalue weighted by Gasteiger charge is 2.05. The summed E-state index contributed by atoms with van der Waals surface area (Å²) in [5, 5.41) is 0. The largest absolute Gasteiger partial charge is 0.402 e. The first kappa shape index (κ1) is 9.07. The van der Waals surface area contributed by atoms with Gasteiger partial charge in [0.05, 0.1) is 0 Å². The van der Waals surface area contributed by atoms with Gasteiger partial charge in [0.2, 0.25) is 0 Å². The van der Waals surface area contributed by atoms with Crippen molar-refractivity contribution in [3.63, 3.8) is 0 Å². The fraction of sp³-hybridized carbons (Fsp3) is 0.231. The third-order valence-corrected chi connectivity index (χ3v) is 2.57. The van der Waals surface area contributed by atoms with Gasteiger partial charge in [0.25, 0.3) is 0 Å². The van der Waals surface area contributed by atoms with Crippen LogP contribution in [-0.4, -0.2) is 0 Å². The van der Waals surface area contributed by atoms with Crippen LogP contribution >= 0.6 is 0 Å². The molecule has 0 spiro atoms. The van der Waals surface area contributed by atoms with Crippen LogP contribution in [-0.2, 0) is 0 Å². The molecule has 1 nitrogen and oxygen atoms in total. The molecule has 0 saturated carbocycles. The summed E-state index contributed by atoms with van der Waals surface area (Å²) in [5.41, 5.74) is 10.7. The minimum Gasteiger partial charge on any atom is -0.402 e. The van der Waals surface area contributed by atoms with Crippen LogP contribution in [0.2, 0.25) is 0 Å². The summed E-state index contributed by atoms with van der Waals surface area (Å²) in [6.45, 7) is 2.12. The molecule has 0 amide bonds. The van der Waals surface area contributed by atoms with Crippen LogP contribution in [0.1, 0.15) is 24.0 Å². The van der Waals surface area contributed by atoms with Gasteiger partial charge in [0.15, 0.2) is 0 Å². The fourth-order valence-corrected chi connectivity index (χ4v) is 1.74. The first-order chi connectivity index (χ1) is 6.75. The predicted molar refractivity (Wildman–Crippen MR) is 60.7 cm³/mol. The van der Waals surface area contributed by atoms with Crippen molar-refractivity contribution in [3.05, 3.63) is 53.2 Å². The van der Waals surface area contributed by atoms with Gasteiger partial charge in [-0.1, -0.05) is 35.9 Å². The number of benzene rings is 1. The second kappa shape index (κ2) is 3.70. The number of rotatable bonds is 1. The van der Waals surface area contributed by atoms with Crippen LogP contribution in [0.4, 0.5) is 0 Å². The van der Waals surface area contributed by atoms with Gasteiger partial charge >= 0.3 is 0 Å². The van der Waals surface area contributed by atoms with Crippen molar-refractivity contribution in [2.75, 3.05) is 0 Å². The van der Waals surface area contributed by atoms with Crippen molar-refractivity contribution in [2.24, 2.45) is 5.73 Å². The molecule has 0 bridgehead atoms. The Morgan fingerprint density at radius 3 is 2.64 bits per heavy atom. The molecule has 1 aromatic rings. The molecule has 0 unspecified atom stereocenters. The summed E-state index contributed by atoms with van der Waals surface area (Å²) in [6.07, 6.45) is 6.19. The van der Waals surface area contributed by atoms with Gasteiger partial charge in [0.1, 0.15) is 0 Å². The summed E-state index contributed by atoms with van der Waals surface area (Å²) in [5.74, 6) is 0. The van der Waals surface area contributed by atoms with Crippen molar-refractivity contribution in [2.45, 2.75) is 19.8 Å². The van der Waals surface area contributed by atoms with E-state index in [0.717, 1.165) is 18.5 Å². The standard InChI is InChI=1S/C13H15N/c1-10-3-2-4-12(9-10)11-5-7-13(14)8-6-11/h2-5,7,9H,6,8,14H2,1H3. The lowest BCUT2D eigenvalue weighted by atomic mass is 9.95. The molecule has 72 valence electrons. The van der Waals surface area contributed by atoms with Crippen molar-refractivity contribution < 1.29 is 0 Å². The van der Waals surface area contributed by atoms with E-state index < -0.39 is 0 Å². The smallest absolute Gasteiger partial charge is 0.00839 e. The molecule has 2 rings (SSSR count). The molecule has 1 aliphatic rings. The molecular weight excluding hydrogens is 170 g/mol. The molecule has 1 aliphatic carbocycles. The van der Waals surface area contributed by atoms with Crippen molar-refractivity contribution >= 4 is 5.57 Å². The highest BCUT2D eigenvalue weighted by Crippen LogP contribution is 2.25. The molecule has 0 atom stereocenters. The molecule has 1 aromatic carbocycles. The second-order valence-electron chi connectivity index (χ2n) is 3.80. The molecule has 0 fully saturated rings. The zero-order valence-electron chi connectivity index (χ0n) is 8.46. The van der Waals surface area contributed by atoms with Gasteiger partial charge in [0, 0.05) is 5.70 Å². The summed E-state index contributed by atoms with van der Waals surface area (Å²) >= 11 is 0. The highest BCUT2D eigenvalue weighted by molar-refractivity contribution is 5.69. The molecule has 0 saturated heterocycles. The van der Waals surface area contributed by atoms with Gasteiger partial charge in [-0.15, -0.1) is 0 Å². The molecule has 0 radical (unpaired) electrons. The van der Waals surface area contributed by atoms with Crippen molar-refractivity contribution in [1.82, 2.24) is 0 Å². The third kappa shape index (κ3) is 1.87. The quantitative estimate of drug-likeness (QED) is 0.715. The van der Waals surface area contributed by atoms with E-state index in [9.17, 15) is 0 Å². The Balaban J connectivity index is 2.32. The first-order valence-corrected chi connectivity index (χ1v) is 4.98. The first-order valence-electron chi connectivity index (χ1n) is 4.98. The minimum absolute atomic E-state index is 0.986. The lowest BCUT2D eigenvalue weighted by Crippen LogP contribution is -2.01. The Labute approximate surface area is 84.9 Å². The minimum atomic E-state index is 0.986. The highest BCUT2D eigenvalue weighted by atomic mass is 14.6. The van der Waals surface area contributed by atoms with E-state index in [1.807, 2.05) is 6.08 Å². The number of hydrogen-bond donors (Lipinski definition) is 1. The number of hydrogen-bond acceptors (Lipinski definition) is 1. The molecule has 1 heteroatoms. The molecule has 2 N–H and O–H groups in total. The molecule has 14 heavy (non-hydrogen) atoms. The van der Waals surface area contributed by atoms with Gasteiger partial charge < -0.3 is 5.73 Å². The molecule has 0 aliphatic heterocycles. The van der Waals surface area contributed by atoms with Crippen molar-refractivity contribution in [1.29, 1.82) is 0 Å². The SMILES string of the molecule is Cc1cccc(C2=CC=C(N)CC2)c1. The Morgan fingerprint density at radius 2 is 2.00 bits per heavy atom. The average molecular weight is 185 g/mol. The van der Waals surface area contributed by atoms with Gasteiger partial charge in [-0.2, -0.15) is 0 Å². The van der Waals surface area contributed by atoms with Gasteiger partial charge in [-0.25, -0.2) is 0 Å². The van der Waals surface area contributed by atoms with Crippen LogP contribution in [0.3, 0.4) is 0 Å². The molecule has 0 aromatic heterocycles. The van der Waals surface area contributed by atoms with Crippen LogP contribution in [0.25, 0.3) is 5.57 Å². The van der Waals surface area contributed by atoms with E-state index in [4.69, 9.17) is 5.73 Å². The monoisotopic (exact) mass is 185 g/mol. The Hall–Kier alpha value is -1.50. The maximum Gasteiger partial charge on any atom is 0.00839 e. The lowest BCUT2D eigenvalue weighted by molar-refractivity contribution is 0.958. The van der Waals surface area contributed by atoms with Crippen LogP contribution in [0.5, 0.6) is 0 Å². The average Bonchev–Trinajstić information content (AvgIpc) is 2.19. The maximum absolute atomic E-state index is 5.72. The summed E-state index contributed by atoms with van der Waals surface area (Å²) < 4.78 is 0. The van der Waals surface area contributed by atoms with Crippen LogP contribution in [0, 0.1) is 6.92 Å². The maximum atomic E-state index is 5.72. The lowest BCUT2D eigenvalue weighted by Gasteiger charge is -2.12. The van der Waals surface area contributed by atoms with Crippen LogP contribution in [0.15, 0.2) is 42.1 Å². The Kier molecular flexibility index (Phi) is 2.40. The summed E-state index contributed by atoms with van der Waals surface area (Å²) in [6, 6.07) is 8.61. The van der Waals surface area contributed by atoms with Gasteiger partial charge in [-0.05, 0) is 37.0 Å². The topological polar surface area (TPSA) is 26.0 Å². The van der Waals surface area contributed by atoms with E-state index in [1.54, 1.807) is 0 Å². The summed E-state index contributed by atoms with van der Waals surface area (Å²) in [7, 11) is 0. The Bertz CT molecular complexity index is 399. The molecular formula is C13H15N. The van der Waals surface area contributed by atoms with Crippen molar-refractivity contribution in [3.8, 4) is 0 Å². The van der Waals surface area contributed by atoms with E-state index >= 15 is 0 Å². The van der Waals surface area contributed by atoms with E-state index in [0.29, 0.717) is 0 Å². The zero-order valence-corrected chi connectivity index (χ0v) is 8.46. The summed E-state index contributed by atoms with van der Waals surface area (Å²) in [4.78, 5) is 0. The Morgan fingerprint density at radius 1 is 1.14 bits per heavy atom. The number of aryl methyl sites for hydroxylation is 1. The van der Waals surface area contributed by atoms with Crippen LogP contribution < -0.4 is 5.73 Å². The van der Waals surface area contributed by atoms with E-state index in [-0.39, 0.29) is 0 Å². The zero-order chi connectivity index (χ0) is 9.97.